The molecule has 0 aliphatic carbocycles. The van der Waals surface area contributed by atoms with Gasteiger partial charge >= 0.3 is 0 Å². The summed E-state index contributed by atoms with van der Waals surface area (Å²) in [5.41, 5.74) is 5.30. The second-order valence-electron chi connectivity index (χ2n) is 7.78. The van der Waals surface area contributed by atoms with E-state index >= 15 is 0 Å². The molecular formula is C24H25N3. The average molecular weight is 355 g/mol. The van der Waals surface area contributed by atoms with Crippen molar-refractivity contribution in [2.75, 3.05) is 13.1 Å². The normalized spacial score (nSPS) is 16.3. The van der Waals surface area contributed by atoms with Crippen LogP contribution < -0.4 is 0 Å². The molecule has 0 spiro atoms. The van der Waals surface area contributed by atoms with Gasteiger partial charge in [-0.05, 0) is 78.4 Å². The first-order valence-electron chi connectivity index (χ1n) is 9.91. The Balaban J connectivity index is 1.33. The van der Waals surface area contributed by atoms with Crippen LogP contribution in [-0.4, -0.2) is 28.0 Å². The van der Waals surface area contributed by atoms with E-state index in [0.717, 1.165) is 25.3 Å². The van der Waals surface area contributed by atoms with Gasteiger partial charge in [-0.2, -0.15) is 0 Å². The van der Waals surface area contributed by atoms with Crippen molar-refractivity contribution in [3.8, 4) is 0 Å². The highest BCUT2D eigenvalue weighted by Gasteiger charge is 2.23. The van der Waals surface area contributed by atoms with Crippen LogP contribution in [0.3, 0.4) is 0 Å². The first kappa shape index (κ1) is 16.5. The molecule has 5 rings (SSSR count). The van der Waals surface area contributed by atoms with Gasteiger partial charge in [0.05, 0.1) is 0 Å². The molecule has 0 atom stereocenters. The third-order valence-corrected chi connectivity index (χ3v) is 6.10. The topological polar surface area (TPSA) is 31.9 Å². The number of aromatic amines is 1. The quantitative estimate of drug-likeness (QED) is 0.533. The number of benzene rings is 2. The second kappa shape index (κ2) is 6.82. The van der Waals surface area contributed by atoms with Gasteiger partial charge in [-0.15, -0.1) is 0 Å². The molecule has 3 nitrogen and oxygen atoms in total. The first-order chi connectivity index (χ1) is 13.3. The van der Waals surface area contributed by atoms with Crippen LogP contribution in [0.25, 0.3) is 21.8 Å². The van der Waals surface area contributed by atoms with E-state index in [1.165, 1.54) is 45.7 Å². The Morgan fingerprint density at radius 3 is 2.70 bits per heavy atom. The lowest BCUT2D eigenvalue weighted by molar-refractivity contribution is 0.206. The van der Waals surface area contributed by atoms with E-state index in [0.29, 0.717) is 5.92 Å². The predicted molar refractivity (Wildman–Crippen MR) is 112 cm³/mol. The molecule has 0 radical (unpaired) electrons. The Kier molecular flexibility index (Phi) is 4.17. The smallest absolute Gasteiger partial charge is 0.137 e. The van der Waals surface area contributed by atoms with Crippen LogP contribution in [0.5, 0.6) is 0 Å². The number of nitrogens with one attached hydrogen (secondary N) is 1. The van der Waals surface area contributed by atoms with E-state index < -0.39 is 0 Å². The molecule has 2 aromatic carbocycles. The number of hydrogen-bond acceptors (Lipinski definition) is 2. The van der Waals surface area contributed by atoms with Gasteiger partial charge in [-0.25, -0.2) is 4.98 Å². The molecule has 1 aliphatic rings. The number of hydrogen-bond donors (Lipinski definition) is 1. The molecule has 1 aliphatic heterocycles. The van der Waals surface area contributed by atoms with Crippen molar-refractivity contribution in [2.45, 2.75) is 32.2 Å². The Hall–Kier alpha value is -2.65. The van der Waals surface area contributed by atoms with Crippen LogP contribution in [0.1, 0.15) is 35.4 Å². The summed E-state index contributed by atoms with van der Waals surface area (Å²) in [6, 6.07) is 17.6. The lowest BCUT2D eigenvalue weighted by Crippen LogP contribution is -2.32. The van der Waals surface area contributed by atoms with Crippen molar-refractivity contribution in [1.29, 1.82) is 0 Å². The summed E-state index contributed by atoms with van der Waals surface area (Å²) in [5, 5.41) is 4.08. The zero-order valence-corrected chi connectivity index (χ0v) is 15.8. The zero-order chi connectivity index (χ0) is 18.2. The lowest BCUT2D eigenvalue weighted by atomic mass is 9.89. The summed E-state index contributed by atoms with van der Waals surface area (Å²) in [5.74, 6) is 0.633. The van der Waals surface area contributed by atoms with Gasteiger partial charge < -0.3 is 4.98 Å². The summed E-state index contributed by atoms with van der Waals surface area (Å²) >= 11 is 0. The monoisotopic (exact) mass is 355 g/mol. The van der Waals surface area contributed by atoms with E-state index in [4.69, 9.17) is 0 Å². The van der Waals surface area contributed by atoms with Crippen molar-refractivity contribution in [3.05, 3.63) is 77.6 Å². The number of nitrogens with zero attached hydrogens (tertiary/aromatic N) is 2. The first-order valence-corrected chi connectivity index (χ1v) is 9.91. The fourth-order valence-electron chi connectivity index (χ4n) is 4.71. The van der Waals surface area contributed by atoms with Gasteiger partial charge in [0.1, 0.15) is 5.65 Å². The van der Waals surface area contributed by atoms with Crippen molar-refractivity contribution in [3.63, 3.8) is 0 Å². The number of aromatic nitrogens is 2. The molecule has 3 heteroatoms. The maximum atomic E-state index is 4.44. The number of H-pyrrole nitrogens is 1. The molecule has 1 fully saturated rings. The number of likely N-dealkylation sites (tertiary alicyclic amines) is 1. The van der Waals surface area contributed by atoms with Crippen molar-refractivity contribution in [2.24, 2.45) is 0 Å². The van der Waals surface area contributed by atoms with E-state index in [2.05, 4.69) is 70.5 Å². The molecule has 0 saturated carbocycles. The van der Waals surface area contributed by atoms with Gasteiger partial charge in [-0.3, -0.25) is 4.90 Å². The van der Waals surface area contributed by atoms with E-state index in [1.807, 2.05) is 12.3 Å². The average Bonchev–Trinajstić information content (AvgIpc) is 3.13. The van der Waals surface area contributed by atoms with Crippen LogP contribution in [-0.2, 0) is 6.54 Å². The minimum Gasteiger partial charge on any atom is -0.346 e. The molecular weight excluding hydrogens is 330 g/mol. The number of piperidine rings is 1. The Labute approximate surface area is 160 Å². The molecule has 136 valence electrons. The standard InChI is InChI=1S/C24H25N3/c1-17-5-2-6-19-7-3-8-20(23(17)19)16-27-13-10-18(11-14-27)22-15-26-24-21(22)9-4-12-25-24/h2-9,12,15,18H,10-11,13-14,16H2,1H3,(H,25,26). The van der Waals surface area contributed by atoms with Gasteiger partial charge in [0, 0.05) is 24.3 Å². The Morgan fingerprint density at radius 1 is 1.04 bits per heavy atom. The van der Waals surface area contributed by atoms with Crippen molar-refractivity contribution < 1.29 is 0 Å². The zero-order valence-electron chi connectivity index (χ0n) is 15.8. The lowest BCUT2D eigenvalue weighted by Gasteiger charge is -2.32. The molecule has 0 unspecified atom stereocenters. The van der Waals surface area contributed by atoms with E-state index in [1.54, 1.807) is 0 Å². The largest absolute Gasteiger partial charge is 0.346 e. The Morgan fingerprint density at radius 2 is 1.85 bits per heavy atom. The molecule has 1 saturated heterocycles. The fraction of sp³-hybridized carbons (Fsp3) is 0.292. The van der Waals surface area contributed by atoms with Gasteiger partial charge in [0.15, 0.2) is 0 Å². The third-order valence-electron chi connectivity index (χ3n) is 6.10. The second-order valence-corrected chi connectivity index (χ2v) is 7.78. The van der Waals surface area contributed by atoms with Crippen molar-refractivity contribution in [1.82, 2.24) is 14.9 Å². The van der Waals surface area contributed by atoms with Gasteiger partial charge in [0.2, 0.25) is 0 Å². The third kappa shape index (κ3) is 3.02. The minimum absolute atomic E-state index is 0.633. The van der Waals surface area contributed by atoms with Gasteiger partial charge in [0.25, 0.3) is 0 Å². The summed E-state index contributed by atoms with van der Waals surface area (Å²) in [6.07, 6.45) is 6.46. The highest BCUT2D eigenvalue weighted by molar-refractivity contribution is 5.88. The highest BCUT2D eigenvalue weighted by atomic mass is 15.1. The predicted octanol–water partition coefficient (Wildman–Crippen LogP) is 5.40. The maximum absolute atomic E-state index is 4.44. The highest BCUT2D eigenvalue weighted by Crippen LogP contribution is 2.33. The number of aryl methyl sites for hydroxylation is 1. The maximum Gasteiger partial charge on any atom is 0.137 e. The van der Waals surface area contributed by atoms with E-state index in [-0.39, 0.29) is 0 Å². The van der Waals surface area contributed by atoms with Crippen LogP contribution in [0.2, 0.25) is 0 Å². The minimum atomic E-state index is 0.633. The van der Waals surface area contributed by atoms with Gasteiger partial charge in [-0.1, -0.05) is 36.4 Å². The number of fused-ring (bicyclic) bond motifs is 2. The molecule has 27 heavy (non-hydrogen) atoms. The Bertz CT molecular complexity index is 1080. The van der Waals surface area contributed by atoms with Crippen LogP contribution >= 0.6 is 0 Å². The fourth-order valence-corrected chi connectivity index (χ4v) is 4.71. The number of pyridine rings is 1. The summed E-state index contributed by atoms with van der Waals surface area (Å²) in [4.78, 5) is 10.4. The van der Waals surface area contributed by atoms with Crippen LogP contribution in [0, 0.1) is 6.92 Å². The molecule has 0 amide bonds. The van der Waals surface area contributed by atoms with Crippen LogP contribution in [0.15, 0.2) is 60.9 Å². The molecule has 1 N–H and O–H groups in total. The number of rotatable bonds is 3. The molecule has 2 aromatic heterocycles. The summed E-state index contributed by atoms with van der Waals surface area (Å²) in [6.45, 7) is 5.58. The molecule has 0 bridgehead atoms. The molecule has 4 aromatic rings. The molecule has 3 heterocycles. The SMILES string of the molecule is Cc1cccc2cccc(CN3CCC(c4c[nH]c5ncccc45)CC3)c12. The van der Waals surface area contributed by atoms with E-state index in [9.17, 15) is 0 Å². The summed E-state index contributed by atoms with van der Waals surface area (Å²) in [7, 11) is 0. The van der Waals surface area contributed by atoms with Crippen molar-refractivity contribution >= 4 is 21.8 Å². The van der Waals surface area contributed by atoms with Crippen LogP contribution in [0.4, 0.5) is 0 Å². The summed E-state index contributed by atoms with van der Waals surface area (Å²) < 4.78 is 0.